The maximum Gasteiger partial charge on any atom is 0.337 e. The second kappa shape index (κ2) is 6.62. The number of hydrogen-bond donors (Lipinski definition) is 1. The van der Waals surface area contributed by atoms with Crippen LogP contribution in [0.25, 0.3) is 0 Å². The van der Waals surface area contributed by atoms with Crippen molar-refractivity contribution in [2.75, 3.05) is 11.8 Å². The Morgan fingerprint density at radius 2 is 1.83 bits per heavy atom. The van der Waals surface area contributed by atoms with E-state index in [4.69, 9.17) is 0 Å². The largest absolute Gasteiger partial charge is 0.465 e. The molecule has 2 aromatic rings. The first-order valence-corrected chi connectivity index (χ1v) is 7.88. The molecule has 0 aliphatic heterocycles. The summed E-state index contributed by atoms with van der Waals surface area (Å²) >= 11 is 0. The zero-order chi connectivity index (χ0) is 17.9. The summed E-state index contributed by atoms with van der Waals surface area (Å²) < 4.78 is 44.3. The number of nitro groups is 1. The molecule has 0 atom stereocenters. The summed E-state index contributed by atoms with van der Waals surface area (Å²) in [6.45, 7) is 0. The van der Waals surface area contributed by atoms with Crippen LogP contribution in [0.5, 0.6) is 0 Å². The van der Waals surface area contributed by atoms with Gasteiger partial charge in [-0.15, -0.1) is 0 Å². The molecule has 1 N–H and O–H groups in total. The Hall–Kier alpha value is -3.01. The highest BCUT2D eigenvalue weighted by molar-refractivity contribution is 7.92. The van der Waals surface area contributed by atoms with Crippen LogP contribution in [0.2, 0.25) is 0 Å². The van der Waals surface area contributed by atoms with Gasteiger partial charge in [0, 0.05) is 6.07 Å². The molecular weight excluding hydrogens is 343 g/mol. The monoisotopic (exact) mass is 354 g/mol. The Balaban J connectivity index is 2.30. The van der Waals surface area contributed by atoms with Crippen LogP contribution in [0.1, 0.15) is 10.4 Å². The number of nitro benzene ring substituents is 1. The number of benzene rings is 2. The van der Waals surface area contributed by atoms with Crippen LogP contribution < -0.4 is 4.72 Å². The minimum absolute atomic E-state index is 0.161. The average molecular weight is 354 g/mol. The van der Waals surface area contributed by atoms with Gasteiger partial charge in [0.05, 0.1) is 28.2 Å². The number of esters is 1. The molecule has 10 heteroatoms. The van der Waals surface area contributed by atoms with Gasteiger partial charge in [-0.1, -0.05) is 0 Å². The molecule has 0 aliphatic rings. The van der Waals surface area contributed by atoms with E-state index in [1.54, 1.807) is 0 Å². The number of halogens is 1. The fourth-order valence-electron chi connectivity index (χ4n) is 1.82. The highest BCUT2D eigenvalue weighted by Gasteiger charge is 2.19. The molecule has 0 saturated heterocycles. The van der Waals surface area contributed by atoms with E-state index in [1.165, 1.54) is 31.4 Å². The van der Waals surface area contributed by atoms with Gasteiger partial charge < -0.3 is 4.74 Å². The number of hydrogen-bond acceptors (Lipinski definition) is 6. The van der Waals surface area contributed by atoms with Gasteiger partial charge in [0.25, 0.3) is 10.0 Å². The van der Waals surface area contributed by atoms with Crippen LogP contribution in [0, 0.1) is 15.9 Å². The smallest absolute Gasteiger partial charge is 0.337 e. The van der Waals surface area contributed by atoms with Crippen molar-refractivity contribution in [3.63, 3.8) is 0 Å². The molecule has 0 aliphatic carbocycles. The fourth-order valence-corrected chi connectivity index (χ4v) is 2.87. The van der Waals surface area contributed by atoms with E-state index in [1.807, 2.05) is 0 Å². The lowest BCUT2D eigenvalue weighted by atomic mass is 10.2. The zero-order valence-corrected chi connectivity index (χ0v) is 13.0. The Labute approximate surface area is 136 Å². The van der Waals surface area contributed by atoms with Crippen LogP contribution in [0.15, 0.2) is 47.4 Å². The van der Waals surface area contributed by atoms with Crippen molar-refractivity contribution in [3.8, 4) is 0 Å². The lowest BCUT2D eigenvalue weighted by Gasteiger charge is -2.08. The minimum atomic E-state index is -4.06. The molecule has 8 nitrogen and oxygen atoms in total. The van der Waals surface area contributed by atoms with E-state index in [0.717, 1.165) is 18.2 Å². The summed E-state index contributed by atoms with van der Waals surface area (Å²) in [6.07, 6.45) is 0. The third kappa shape index (κ3) is 3.66. The van der Waals surface area contributed by atoms with Gasteiger partial charge in [0.15, 0.2) is 0 Å². The number of carbonyl (C=O) groups is 1. The number of carbonyl (C=O) groups excluding carboxylic acids is 1. The van der Waals surface area contributed by atoms with E-state index in [2.05, 4.69) is 9.46 Å². The summed E-state index contributed by atoms with van der Waals surface area (Å²) in [5.41, 5.74) is -0.856. The first kappa shape index (κ1) is 17.3. The molecule has 126 valence electrons. The third-order valence-electron chi connectivity index (χ3n) is 2.98. The maximum absolute atomic E-state index is 13.3. The second-order valence-electron chi connectivity index (χ2n) is 4.54. The molecular formula is C14H11FN2O6S. The number of nitrogens with one attached hydrogen (secondary N) is 1. The van der Waals surface area contributed by atoms with Gasteiger partial charge in [0.1, 0.15) is 0 Å². The van der Waals surface area contributed by atoms with Crippen LogP contribution in [-0.2, 0) is 14.8 Å². The number of ether oxygens (including phenoxy) is 1. The molecule has 2 rings (SSSR count). The molecule has 0 unspecified atom stereocenters. The Morgan fingerprint density at radius 1 is 1.21 bits per heavy atom. The zero-order valence-electron chi connectivity index (χ0n) is 12.2. The highest BCUT2D eigenvalue weighted by atomic mass is 32.2. The van der Waals surface area contributed by atoms with Crippen LogP contribution in [0.3, 0.4) is 0 Å². The number of methoxy groups -OCH3 is 1. The van der Waals surface area contributed by atoms with E-state index in [0.29, 0.717) is 0 Å². The minimum Gasteiger partial charge on any atom is -0.465 e. The van der Waals surface area contributed by atoms with Gasteiger partial charge in [-0.2, -0.15) is 4.39 Å². The van der Waals surface area contributed by atoms with E-state index in [-0.39, 0.29) is 16.1 Å². The van der Waals surface area contributed by atoms with E-state index < -0.39 is 32.4 Å². The van der Waals surface area contributed by atoms with Crippen molar-refractivity contribution in [3.05, 3.63) is 64.0 Å². The first-order valence-electron chi connectivity index (χ1n) is 6.40. The number of rotatable bonds is 5. The lowest BCUT2D eigenvalue weighted by molar-refractivity contribution is -0.387. The number of nitrogens with zero attached hydrogens (tertiary/aromatic N) is 1. The molecule has 0 radical (unpaired) electrons. The summed E-state index contributed by atoms with van der Waals surface area (Å²) in [4.78, 5) is 20.9. The highest BCUT2D eigenvalue weighted by Crippen LogP contribution is 2.24. The van der Waals surface area contributed by atoms with E-state index >= 15 is 0 Å². The third-order valence-corrected chi connectivity index (χ3v) is 4.38. The molecule has 0 amide bonds. The van der Waals surface area contributed by atoms with Gasteiger partial charge in [-0.3, -0.25) is 14.8 Å². The molecule has 2 aromatic carbocycles. The summed E-state index contributed by atoms with van der Waals surface area (Å²) in [5, 5.41) is 10.7. The van der Waals surface area contributed by atoms with Crippen molar-refractivity contribution in [1.82, 2.24) is 0 Å². The van der Waals surface area contributed by atoms with Crippen molar-refractivity contribution in [2.24, 2.45) is 0 Å². The van der Waals surface area contributed by atoms with Crippen molar-refractivity contribution in [1.29, 1.82) is 0 Å². The van der Waals surface area contributed by atoms with Crippen molar-refractivity contribution in [2.45, 2.75) is 4.90 Å². The number of anilines is 1. The SMILES string of the molecule is COC(=O)c1ccc(S(=O)(=O)Nc2ccc(F)c([N+](=O)[O-])c2)cc1. The molecule has 0 aromatic heterocycles. The van der Waals surface area contributed by atoms with Crippen LogP contribution in [0.4, 0.5) is 15.8 Å². The van der Waals surface area contributed by atoms with Gasteiger partial charge in [-0.05, 0) is 36.4 Å². The molecule has 24 heavy (non-hydrogen) atoms. The Kier molecular flexibility index (Phi) is 4.79. The lowest BCUT2D eigenvalue weighted by Crippen LogP contribution is -2.13. The molecule has 0 saturated carbocycles. The molecule has 0 heterocycles. The predicted octanol–water partition coefficient (Wildman–Crippen LogP) is 2.32. The van der Waals surface area contributed by atoms with Crippen molar-refractivity contribution < 1.29 is 27.3 Å². The Morgan fingerprint density at radius 3 is 2.38 bits per heavy atom. The molecule has 0 fully saturated rings. The van der Waals surface area contributed by atoms with E-state index in [9.17, 15) is 27.7 Å². The topological polar surface area (TPSA) is 116 Å². The quantitative estimate of drug-likeness (QED) is 0.500. The normalized spacial score (nSPS) is 10.9. The van der Waals surface area contributed by atoms with Gasteiger partial charge >= 0.3 is 11.7 Å². The molecule has 0 spiro atoms. The first-order chi connectivity index (χ1) is 11.2. The Bertz CT molecular complexity index is 896. The predicted molar refractivity (Wildman–Crippen MR) is 81.6 cm³/mol. The maximum atomic E-state index is 13.3. The standard InChI is InChI=1S/C14H11FN2O6S/c1-23-14(18)9-2-5-11(6-3-9)24(21,22)16-10-4-7-12(15)13(8-10)17(19)20/h2-8,16H,1H3. The van der Waals surface area contributed by atoms with Gasteiger partial charge in [0.2, 0.25) is 5.82 Å². The summed E-state index contributed by atoms with van der Waals surface area (Å²) in [5.74, 6) is -1.70. The number of sulfonamides is 1. The molecule has 0 bridgehead atoms. The summed E-state index contributed by atoms with van der Waals surface area (Å²) in [7, 11) is -2.87. The average Bonchev–Trinajstić information content (AvgIpc) is 2.55. The van der Waals surface area contributed by atoms with Crippen molar-refractivity contribution >= 4 is 27.4 Å². The second-order valence-corrected chi connectivity index (χ2v) is 6.23. The fraction of sp³-hybridized carbons (Fsp3) is 0.0714. The van der Waals surface area contributed by atoms with Crippen LogP contribution in [-0.4, -0.2) is 26.4 Å². The van der Waals surface area contributed by atoms with Crippen LogP contribution >= 0.6 is 0 Å². The summed E-state index contributed by atoms with van der Waals surface area (Å²) in [6, 6.07) is 7.48. The van der Waals surface area contributed by atoms with Gasteiger partial charge in [-0.25, -0.2) is 13.2 Å².